The zero-order valence-corrected chi connectivity index (χ0v) is 20.5. The fourth-order valence-corrected chi connectivity index (χ4v) is 4.50. The van der Waals surface area contributed by atoms with Gasteiger partial charge in [0.2, 0.25) is 5.13 Å². The first-order chi connectivity index (χ1) is 14.5. The zero-order chi connectivity index (χ0) is 22.8. The molecule has 0 aliphatic carbocycles. The molecule has 0 amide bonds. The standard InChI is InChI=1S/C22H29N5O2S2/c1-21(2,3)13-8-9-15(14(12-13)22(4,5)6)29-10-7-11-30-19-24-17-16(18(28)26-19)31-20(25-17)27-23/h8-9,12,23H,7,10-11H2,1-6H3,(H,24,26,28). The van der Waals surface area contributed by atoms with Gasteiger partial charge in [-0.05, 0) is 34.4 Å². The fourth-order valence-electron chi connectivity index (χ4n) is 3.04. The molecule has 0 aliphatic rings. The molecular formula is C22H29N5O2S2. The van der Waals surface area contributed by atoms with Gasteiger partial charge in [0.1, 0.15) is 10.4 Å². The molecule has 31 heavy (non-hydrogen) atoms. The molecule has 0 saturated carbocycles. The minimum atomic E-state index is -0.245. The highest BCUT2D eigenvalue weighted by molar-refractivity contribution is 7.99. The maximum absolute atomic E-state index is 12.2. The van der Waals surface area contributed by atoms with Crippen LogP contribution in [0.15, 0.2) is 33.3 Å². The molecule has 1 aromatic carbocycles. The quantitative estimate of drug-likeness (QED) is 0.189. The maximum atomic E-state index is 12.2. The summed E-state index contributed by atoms with van der Waals surface area (Å²) in [5, 5.41) is 4.03. The van der Waals surface area contributed by atoms with E-state index < -0.39 is 0 Å². The van der Waals surface area contributed by atoms with E-state index in [1.54, 1.807) is 0 Å². The first kappa shape index (κ1) is 23.4. The Hall–Kier alpha value is -2.26. The van der Waals surface area contributed by atoms with Crippen LogP contribution in [-0.2, 0) is 10.8 Å². The first-order valence-corrected chi connectivity index (χ1v) is 12.0. The van der Waals surface area contributed by atoms with E-state index in [0.717, 1.165) is 29.3 Å². The van der Waals surface area contributed by atoms with Crippen LogP contribution >= 0.6 is 23.1 Å². The van der Waals surface area contributed by atoms with Gasteiger partial charge in [-0.2, -0.15) is 4.98 Å². The summed E-state index contributed by atoms with van der Waals surface area (Å²) in [6, 6.07) is 6.49. The highest BCUT2D eigenvalue weighted by Gasteiger charge is 2.23. The van der Waals surface area contributed by atoms with E-state index in [4.69, 9.17) is 10.3 Å². The van der Waals surface area contributed by atoms with Gasteiger partial charge in [0.25, 0.3) is 5.56 Å². The third-order valence-corrected chi connectivity index (χ3v) is 6.66. The van der Waals surface area contributed by atoms with Crippen LogP contribution in [0.25, 0.3) is 10.3 Å². The largest absolute Gasteiger partial charge is 0.493 e. The van der Waals surface area contributed by atoms with Crippen LogP contribution in [0.3, 0.4) is 0 Å². The number of thiazole rings is 1. The van der Waals surface area contributed by atoms with Crippen molar-refractivity contribution in [3.05, 3.63) is 39.7 Å². The lowest BCUT2D eigenvalue weighted by Gasteiger charge is -2.27. The zero-order valence-electron chi connectivity index (χ0n) is 18.8. The number of hydrogen-bond acceptors (Lipinski definition) is 8. The van der Waals surface area contributed by atoms with E-state index in [-0.39, 0.29) is 21.5 Å². The molecule has 3 aromatic rings. The lowest BCUT2D eigenvalue weighted by Crippen LogP contribution is -2.18. The minimum Gasteiger partial charge on any atom is -0.493 e. The average molecular weight is 460 g/mol. The Balaban J connectivity index is 1.61. The van der Waals surface area contributed by atoms with E-state index in [0.29, 0.717) is 22.1 Å². The van der Waals surface area contributed by atoms with Gasteiger partial charge in [-0.15, -0.1) is 5.11 Å². The summed E-state index contributed by atoms with van der Waals surface area (Å²) < 4.78 is 6.53. The number of benzene rings is 1. The van der Waals surface area contributed by atoms with Crippen LogP contribution in [0.2, 0.25) is 0 Å². The van der Waals surface area contributed by atoms with E-state index in [1.807, 2.05) is 0 Å². The molecule has 2 N–H and O–H groups in total. The van der Waals surface area contributed by atoms with Gasteiger partial charge in [0.05, 0.1) is 6.61 Å². The second kappa shape index (κ2) is 9.08. The summed E-state index contributed by atoms with van der Waals surface area (Å²) in [4.78, 5) is 23.4. The van der Waals surface area contributed by atoms with Crippen molar-refractivity contribution in [2.45, 2.75) is 63.9 Å². The molecule has 2 aromatic heterocycles. The summed E-state index contributed by atoms with van der Waals surface area (Å²) in [5.74, 6) is 1.67. The number of ether oxygens (including phenoxy) is 1. The van der Waals surface area contributed by atoms with Crippen LogP contribution in [0, 0.1) is 5.53 Å². The molecular weight excluding hydrogens is 430 g/mol. The van der Waals surface area contributed by atoms with E-state index in [1.165, 1.54) is 22.9 Å². The third kappa shape index (κ3) is 5.71. The lowest BCUT2D eigenvalue weighted by atomic mass is 9.80. The van der Waals surface area contributed by atoms with Gasteiger partial charge in [0, 0.05) is 5.75 Å². The predicted octanol–water partition coefficient (Wildman–Crippen LogP) is 6.20. The first-order valence-electron chi connectivity index (χ1n) is 10.2. The molecule has 0 spiro atoms. The Kier molecular flexibility index (Phi) is 6.85. The average Bonchev–Trinajstić information content (AvgIpc) is 3.10. The summed E-state index contributed by atoms with van der Waals surface area (Å²) in [6.07, 6.45) is 0.807. The lowest BCUT2D eigenvalue weighted by molar-refractivity contribution is 0.309. The van der Waals surface area contributed by atoms with Crippen LogP contribution in [0.4, 0.5) is 5.13 Å². The number of thioether (sulfide) groups is 1. The molecule has 0 aliphatic heterocycles. The van der Waals surface area contributed by atoms with Gasteiger partial charge in [-0.3, -0.25) is 4.79 Å². The summed E-state index contributed by atoms with van der Waals surface area (Å²) in [6.45, 7) is 13.8. The Labute approximate surface area is 190 Å². The third-order valence-electron chi connectivity index (χ3n) is 4.77. The molecule has 0 saturated heterocycles. The number of nitrogens with zero attached hydrogens (tertiary/aromatic N) is 3. The van der Waals surface area contributed by atoms with Crippen molar-refractivity contribution in [3.8, 4) is 5.75 Å². The van der Waals surface area contributed by atoms with E-state index in [2.05, 4.69) is 79.8 Å². The number of aromatic amines is 1. The smallest absolute Gasteiger partial charge is 0.271 e. The molecule has 3 rings (SSSR count). The molecule has 0 fully saturated rings. The number of fused-ring (bicyclic) bond motifs is 1. The Morgan fingerprint density at radius 3 is 2.55 bits per heavy atom. The maximum Gasteiger partial charge on any atom is 0.271 e. The second-order valence-electron chi connectivity index (χ2n) is 9.39. The number of hydrogen-bond donors (Lipinski definition) is 2. The normalized spacial score (nSPS) is 12.3. The number of aromatic nitrogens is 3. The van der Waals surface area contributed by atoms with Crippen molar-refractivity contribution in [2.24, 2.45) is 5.11 Å². The SMILES string of the molecule is CC(C)(C)c1ccc(OCCCSc2nc3nc(N=N)sc3c(=O)[nH]2)c(C(C)(C)C)c1. The van der Waals surface area contributed by atoms with Crippen LogP contribution in [0.5, 0.6) is 5.75 Å². The highest BCUT2D eigenvalue weighted by atomic mass is 32.2. The Bertz CT molecular complexity index is 1140. The molecule has 0 bridgehead atoms. The summed E-state index contributed by atoms with van der Waals surface area (Å²) in [7, 11) is 0. The molecule has 166 valence electrons. The van der Waals surface area contributed by atoms with Crippen molar-refractivity contribution in [2.75, 3.05) is 12.4 Å². The summed E-state index contributed by atoms with van der Waals surface area (Å²) in [5.41, 5.74) is 9.72. The van der Waals surface area contributed by atoms with Crippen LogP contribution in [0.1, 0.15) is 59.1 Å². The Morgan fingerprint density at radius 1 is 1.16 bits per heavy atom. The predicted molar refractivity (Wildman–Crippen MR) is 128 cm³/mol. The number of rotatable bonds is 7. The molecule has 7 nitrogen and oxygen atoms in total. The van der Waals surface area contributed by atoms with Crippen molar-refractivity contribution in [1.29, 1.82) is 5.53 Å². The van der Waals surface area contributed by atoms with Crippen LogP contribution < -0.4 is 10.3 Å². The molecule has 2 heterocycles. The van der Waals surface area contributed by atoms with Gasteiger partial charge in [0.15, 0.2) is 10.8 Å². The van der Waals surface area contributed by atoms with Crippen molar-refractivity contribution < 1.29 is 4.74 Å². The number of H-pyrrole nitrogens is 1. The minimum absolute atomic E-state index is 0.0120. The molecule has 0 radical (unpaired) electrons. The van der Waals surface area contributed by atoms with Gasteiger partial charge in [-0.1, -0.05) is 76.8 Å². The topological polar surface area (TPSA) is 104 Å². The van der Waals surface area contributed by atoms with Gasteiger partial charge >= 0.3 is 0 Å². The van der Waals surface area contributed by atoms with Crippen molar-refractivity contribution >= 4 is 38.6 Å². The summed E-state index contributed by atoms with van der Waals surface area (Å²) >= 11 is 2.52. The fraction of sp³-hybridized carbons (Fsp3) is 0.500. The van der Waals surface area contributed by atoms with Crippen molar-refractivity contribution in [3.63, 3.8) is 0 Å². The van der Waals surface area contributed by atoms with Crippen molar-refractivity contribution in [1.82, 2.24) is 15.0 Å². The second-order valence-corrected chi connectivity index (χ2v) is 11.5. The molecule has 0 unspecified atom stereocenters. The highest BCUT2D eigenvalue weighted by Crippen LogP contribution is 2.35. The van der Waals surface area contributed by atoms with Gasteiger partial charge in [-0.25, -0.2) is 10.5 Å². The van der Waals surface area contributed by atoms with E-state index in [9.17, 15) is 4.79 Å². The van der Waals surface area contributed by atoms with Gasteiger partial charge < -0.3 is 9.72 Å². The molecule has 9 heteroatoms. The monoisotopic (exact) mass is 459 g/mol. The molecule has 0 atom stereocenters. The van der Waals surface area contributed by atoms with E-state index >= 15 is 0 Å². The number of nitrogens with one attached hydrogen (secondary N) is 2. The Morgan fingerprint density at radius 2 is 1.90 bits per heavy atom. The van der Waals surface area contributed by atoms with Crippen LogP contribution in [-0.4, -0.2) is 27.3 Å².